The van der Waals surface area contributed by atoms with Crippen LogP contribution in [0.3, 0.4) is 0 Å². The lowest BCUT2D eigenvalue weighted by molar-refractivity contribution is 0.0723. The monoisotopic (exact) mass is 345 g/mol. The van der Waals surface area contributed by atoms with Crippen LogP contribution in [0.25, 0.3) is 5.69 Å². The minimum absolute atomic E-state index is 0.0202. The molecule has 0 saturated heterocycles. The number of carbonyl (C=O) groups excluding carboxylic acids is 1. The van der Waals surface area contributed by atoms with Gasteiger partial charge in [0.2, 0.25) is 0 Å². The van der Waals surface area contributed by atoms with E-state index in [2.05, 4.69) is 36.3 Å². The quantitative estimate of drug-likeness (QED) is 0.692. The SMILES string of the molecule is Cc1cccc(CN(C(=O)c2cc(C)n(-c3ccccc3)n2)C2CC2)c1. The summed E-state index contributed by atoms with van der Waals surface area (Å²) in [6.07, 6.45) is 2.16. The summed E-state index contributed by atoms with van der Waals surface area (Å²) in [4.78, 5) is 15.1. The minimum atomic E-state index is 0.0202. The van der Waals surface area contributed by atoms with Crippen molar-refractivity contribution in [3.63, 3.8) is 0 Å². The maximum Gasteiger partial charge on any atom is 0.274 e. The Morgan fingerprint density at radius 1 is 1.08 bits per heavy atom. The van der Waals surface area contributed by atoms with Crippen LogP contribution in [0.1, 0.15) is 40.2 Å². The van der Waals surface area contributed by atoms with Crippen molar-refractivity contribution in [1.82, 2.24) is 14.7 Å². The lowest BCUT2D eigenvalue weighted by atomic mass is 10.1. The van der Waals surface area contributed by atoms with Gasteiger partial charge >= 0.3 is 0 Å². The Balaban J connectivity index is 1.61. The van der Waals surface area contributed by atoms with Gasteiger partial charge in [0.1, 0.15) is 0 Å². The number of para-hydroxylation sites is 1. The average molecular weight is 345 g/mol. The topological polar surface area (TPSA) is 38.1 Å². The van der Waals surface area contributed by atoms with E-state index in [4.69, 9.17) is 0 Å². The van der Waals surface area contributed by atoms with E-state index in [9.17, 15) is 4.79 Å². The smallest absolute Gasteiger partial charge is 0.274 e. The summed E-state index contributed by atoms with van der Waals surface area (Å²) < 4.78 is 1.84. The Morgan fingerprint density at radius 3 is 2.54 bits per heavy atom. The molecule has 1 amide bonds. The molecule has 4 nitrogen and oxygen atoms in total. The first kappa shape index (κ1) is 16.6. The van der Waals surface area contributed by atoms with Crippen LogP contribution in [0.15, 0.2) is 60.7 Å². The van der Waals surface area contributed by atoms with E-state index in [0.29, 0.717) is 18.3 Å². The van der Waals surface area contributed by atoms with E-state index in [1.165, 1.54) is 11.1 Å². The molecule has 0 N–H and O–H groups in total. The normalized spacial score (nSPS) is 13.6. The van der Waals surface area contributed by atoms with Gasteiger partial charge in [-0.3, -0.25) is 4.79 Å². The first-order valence-electron chi connectivity index (χ1n) is 9.10. The van der Waals surface area contributed by atoms with Crippen LogP contribution < -0.4 is 0 Å². The maximum absolute atomic E-state index is 13.2. The highest BCUT2D eigenvalue weighted by molar-refractivity contribution is 5.93. The third kappa shape index (κ3) is 3.40. The van der Waals surface area contributed by atoms with E-state index >= 15 is 0 Å². The van der Waals surface area contributed by atoms with Crippen molar-refractivity contribution >= 4 is 5.91 Å². The summed E-state index contributed by atoms with van der Waals surface area (Å²) in [6, 6.07) is 20.5. The van der Waals surface area contributed by atoms with Crippen LogP contribution >= 0.6 is 0 Å². The minimum Gasteiger partial charge on any atom is -0.330 e. The lowest BCUT2D eigenvalue weighted by Crippen LogP contribution is -2.33. The predicted molar refractivity (Wildman–Crippen MR) is 102 cm³/mol. The summed E-state index contributed by atoms with van der Waals surface area (Å²) in [6.45, 7) is 4.71. The van der Waals surface area contributed by atoms with E-state index in [1.807, 2.05) is 52.9 Å². The molecule has 1 aliphatic rings. The molecular formula is C22H23N3O. The zero-order chi connectivity index (χ0) is 18.1. The molecule has 132 valence electrons. The van der Waals surface area contributed by atoms with Crippen LogP contribution in [-0.4, -0.2) is 26.6 Å². The number of hydrogen-bond acceptors (Lipinski definition) is 2. The van der Waals surface area contributed by atoms with Crippen molar-refractivity contribution < 1.29 is 4.79 Å². The molecule has 1 aromatic heterocycles. The van der Waals surface area contributed by atoms with Gasteiger partial charge in [-0.05, 0) is 50.5 Å². The second kappa shape index (κ2) is 6.79. The average Bonchev–Trinajstić information content (AvgIpc) is 3.41. The van der Waals surface area contributed by atoms with E-state index < -0.39 is 0 Å². The van der Waals surface area contributed by atoms with Gasteiger partial charge < -0.3 is 4.90 Å². The Morgan fingerprint density at radius 2 is 1.85 bits per heavy atom. The molecule has 1 fully saturated rings. The fourth-order valence-corrected chi connectivity index (χ4v) is 3.32. The van der Waals surface area contributed by atoms with Crippen LogP contribution in [0, 0.1) is 13.8 Å². The standard InChI is InChI=1S/C22H23N3O/c1-16-7-6-8-18(13-16)15-24(19-11-12-19)22(26)21-14-17(2)25(23-21)20-9-4-3-5-10-20/h3-10,13-14,19H,11-12,15H2,1-2H3. The predicted octanol–water partition coefficient (Wildman–Crippen LogP) is 4.29. The van der Waals surface area contributed by atoms with Crippen molar-refractivity contribution in [2.24, 2.45) is 0 Å². The maximum atomic E-state index is 13.2. The number of aryl methyl sites for hydroxylation is 2. The molecule has 4 rings (SSSR count). The number of aromatic nitrogens is 2. The second-order valence-corrected chi connectivity index (χ2v) is 7.07. The molecule has 2 aromatic carbocycles. The van der Waals surface area contributed by atoms with Crippen molar-refractivity contribution in [2.75, 3.05) is 0 Å². The van der Waals surface area contributed by atoms with E-state index in [-0.39, 0.29) is 5.91 Å². The molecule has 0 aliphatic heterocycles. The number of rotatable bonds is 5. The molecule has 26 heavy (non-hydrogen) atoms. The summed E-state index contributed by atoms with van der Waals surface area (Å²) in [5.41, 5.74) is 4.84. The van der Waals surface area contributed by atoms with Crippen LogP contribution in [-0.2, 0) is 6.54 Å². The number of benzene rings is 2. The van der Waals surface area contributed by atoms with E-state index in [0.717, 1.165) is 24.2 Å². The van der Waals surface area contributed by atoms with E-state index in [1.54, 1.807) is 0 Å². The molecule has 1 aliphatic carbocycles. The fourth-order valence-electron chi connectivity index (χ4n) is 3.32. The Kier molecular flexibility index (Phi) is 4.33. The molecular weight excluding hydrogens is 322 g/mol. The molecule has 0 atom stereocenters. The highest BCUT2D eigenvalue weighted by Gasteiger charge is 2.34. The zero-order valence-electron chi connectivity index (χ0n) is 15.2. The Labute approximate surface area is 154 Å². The van der Waals surface area contributed by atoms with Gasteiger partial charge in [0.25, 0.3) is 5.91 Å². The first-order valence-corrected chi connectivity index (χ1v) is 9.10. The van der Waals surface area contributed by atoms with Gasteiger partial charge in [0.05, 0.1) is 5.69 Å². The van der Waals surface area contributed by atoms with Crippen molar-refractivity contribution in [3.05, 3.63) is 83.2 Å². The Hall–Kier alpha value is -2.88. The molecule has 3 aromatic rings. The highest BCUT2D eigenvalue weighted by atomic mass is 16.2. The molecule has 0 unspecified atom stereocenters. The van der Waals surface area contributed by atoms with Gasteiger partial charge in [-0.2, -0.15) is 5.10 Å². The van der Waals surface area contributed by atoms with Crippen LogP contribution in [0.4, 0.5) is 0 Å². The third-order valence-electron chi connectivity index (χ3n) is 4.79. The molecule has 0 radical (unpaired) electrons. The summed E-state index contributed by atoms with van der Waals surface area (Å²) >= 11 is 0. The van der Waals surface area contributed by atoms with Gasteiger partial charge in [0.15, 0.2) is 5.69 Å². The third-order valence-corrected chi connectivity index (χ3v) is 4.79. The van der Waals surface area contributed by atoms with Crippen molar-refractivity contribution in [2.45, 2.75) is 39.3 Å². The fraction of sp³-hybridized carbons (Fsp3) is 0.273. The largest absolute Gasteiger partial charge is 0.330 e. The number of carbonyl (C=O) groups is 1. The van der Waals surface area contributed by atoms with Gasteiger partial charge in [-0.1, -0.05) is 48.0 Å². The first-order chi connectivity index (χ1) is 12.6. The van der Waals surface area contributed by atoms with Crippen molar-refractivity contribution in [1.29, 1.82) is 0 Å². The van der Waals surface area contributed by atoms with Gasteiger partial charge in [0, 0.05) is 18.3 Å². The van der Waals surface area contributed by atoms with Crippen LogP contribution in [0.5, 0.6) is 0 Å². The summed E-state index contributed by atoms with van der Waals surface area (Å²) in [7, 11) is 0. The van der Waals surface area contributed by atoms with Gasteiger partial charge in [-0.15, -0.1) is 0 Å². The lowest BCUT2D eigenvalue weighted by Gasteiger charge is -2.21. The summed E-state index contributed by atoms with van der Waals surface area (Å²) in [5.74, 6) is 0.0202. The number of nitrogens with zero attached hydrogens (tertiary/aromatic N) is 3. The molecule has 1 heterocycles. The molecule has 0 bridgehead atoms. The zero-order valence-corrected chi connectivity index (χ0v) is 15.2. The highest BCUT2D eigenvalue weighted by Crippen LogP contribution is 2.30. The second-order valence-electron chi connectivity index (χ2n) is 7.07. The van der Waals surface area contributed by atoms with Gasteiger partial charge in [-0.25, -0.2) is 4.68 Å². The molecule has 1 saturated carbocycles. The van der Waals surface area contributed by atoms with Crippen LogP contribution in [0.2, 0.25) is 0 Å². The number of amides is 1. The number of hydrogen-bond donors (Lipinski definition) is 0. The summed E-state index contributed by atoms with van der Waals surface area (Å²) in [5, 5.41) is 4.60. The van der Waals surface area contributed by atoms with Crippen molar-refractivity contribution in [3.8, 4) is 5.69 Å². The Bertz CT molecular complexity index is 926. The molecule has 0 spiro atoms. The molecule has 4 heteroatoms.